The molecule has 1 aliphatic rings. The first kappa shape index (κ1) is 25.6. The molecule has 0 amide bonds. The van der Waals surface area contributed by atoms with Crippen LogP contribution < -0.4 is 0 Å². The third kappa shape index (κ3) is 12.0. The first-order chi connectivity index (χ1) is 14.1. The molecule has 29 heavy (non-hydrogen) atoms. The summed E-state index contributed by atoms with van der Waals surface area (Å²) in [4.78, 5) is 22.6. The Morgan fingerprint density at radius 2 is 1.66 bits per heavy atom. The number of hydrogen-bond donors (Lipinski definition) is 1. The standard InChI is InChI=1S/C23H40O6/c1-3-4-5-6-7-8-9-10-11-12-15-20(19-18-22(25)29-23(19)26)28-17-14-13-16-21(24)27-2/h18,20,23,26H,3-17H2,1-2H3. The Morgan fingerprint density at radius 1 is 1.03 bits per heavy atom. The summed E-state index contributed by atoms with van der Waals surface area (Å²) in [5.74, 6) is -0.741. The van der Waals surface area contributed by atoms with Crippen LogP contribution in [0.25, 0.3) is 0 Å². The van der Waals surface area contributed by atoms with Crippen LogP contribution >= 0.6 is 0 Å². The highest BCUT2D eigenvalue weighted by Gasteiger charge is 2.30. The molecule has 0 saturated heterocycles. The minimum atomic E-state index is -1.20. The van der Waals surface area contributed by atoms with E-state index in [1.54, 1.807) is 0 Å². The minimum absolute atomic E-state index is 0.222. The molecule has 0 aromatic rings. The second kappa shape index (κ2) is 16.4. The van der Waals surface area contributed by atoms with Gasteiger partial charge in [0.1, 0.15) is 0 Å². The summed E-state index contributed by atoms with van der Waals surface area (Å²) in [6.45, 7) is 2.71. The molecule has 6 heteroatoms. The first-order valence-corrected chi connectivity index (χ1v) is 11.4. The molecule has 1 N–H and O–H groups in total. The highest BCUT2D eigenvalue weighted by atomic mass is 16.6. The van der Waals surface area contributed by atoms with E-state index in [-0.39, 0.29) is 12.1 Å². The van der Waals surface area contributed by atoms with Crippen LogP contribution in [0.4, 0.5) is 0 Å². The zero-order chi connectivity index (χ0) is 21.3. The van der Waals surface area contributed by atoms with Crippen LogP contribution in [0.3, 0.4) is 0 Å². The highest BCUT2D eigenvalue weighted by Crippen LogP contribution is 2.24. The molecule has 0 fully saturated rings. The van der Waals surface area contributed by atoms with Crippen LogP contribution in [-0.2, 0) is 23.8 Å². The van der Waals surface area contributed by atoms with Crippen molar-refractivity contribution in [3.8, 4) is 0 Å². The number of aliphatic hydroxyl groups excluding tert-OH is 1. The number of methoxy groups -OCH3 is 1. The Hall–Kier alpha value is -1.40. The van der Waals surface area contributed by atoms with Crippen LogP contribution in [0.5, 0.6) is 0 Å². The zero-order valence-corrected chi connectivity index (χ0v) is 18.3. The number of ether oxygens (including phenoxy) is 3. The molecule has 2 atom stereocenters. The van der Waals surface area contributed by atoms with Crippen LogP contribution in [0.2, 0.25) is 0 Å². The SMILES string of the molecule is CCCCCCCCCCCCC(OCCCCC(=O)OC)C1=CC(=O)OC1O. The van der Waals surface area contributed by atoms with Crippen LogP contribution in [-0.4, -0.2) is 43.2 Å². The van der Waals surface area contributed by atoms with Gasteiger partial charge in [0.2, 0.25) is 6.29 Å². The summed E-state index contributed by atoms with van der Waals surface area (Å²) in [7, 11) is 1.38. The molecule has 1 heterocycles. The third-order valence-electron chi connectivity index (χ3n) is 5.31. The Balaban J connectivity index is 2.24. The van der Waals surface area contributed by atoms with Gasteiger partial charge in [0.05, 0.1) is 13.2 Å². The summed E-state index contributed by atoms with van der Waals surface area (Å²) in [5.41, 5.74) is 0.513. The first-order valence-electron chi connectivity index (χ1n) is 11.4. The van der Waals surface area contributed by atoms with Crippen molar-refractivity contribution in [2.45, 2.75) is 109 Å². The van der Waals surface area contributed by atoms with Crippen LogP contribution in [0.1, 0.15) is 96.8 Å². The Bertz CT molecular complexity index is 488. The number of carbonyl (C=O) groups excluding carboxylic acids is 2. The minimum Gasteiger partial charge on any atom is -0.469 e. The van der Waals surface area contributed by atoms with E-state index in [4.69, 9.17) is 9.47 Å². The van der Waals surface area contributed by atoms with Gasteiger partial charge in [-0.3, -0.25) is 4.79 Å². The fourth-order valence-electron chi connectivity index (χ4n) is 3.53. The molecule has 0 radical (unpaired) electrons. The molecule has 0 aromatic heterocycles. The average molecular weight is 413 g/mol. The number of aliphatic hydroxyl groups is 1. The lowest BCUT2D eigenvalue weighted by molar-refractivity contribution is -0.152. The highest BCUT2D eigenvalue weighted by molar-refractivity contribution is 5.85. The van der Waals surface area contributed by atoms with Crippen LogP contribution in [0, 0.1) is 0 Å². The molecular weight excluding hydrogens is 372 g/mol. The monoisotopic (exact) mass is 412 g/mol. The maximum Gasteiger partial charge on any atom is 0.333 e. The second-order valence-corrected chi connectivity index (χ2v) is 7.80. The van der Waals surface area contributed by atoms with Gasteiger partial charge in [-0.05, 0) is 19.3 Å². The van der Waals surface area contributed by atoms with E-state index in [0.29, 0.717) is 25.0 Å². The Kier molecular flexibility index (Phi) is 14.5. The predicted octanol–water partition coefficient (Wildman–Crippen LogP) is 4.83. The molecule has 0 aromatic carbocycles. The molecule has 6 nitrogen and oxygen atoms in total. The maximum atomic E-state index is 11.4. The van der Waals surface area contributed by atoms with Crippen molar-refractivity contribution in [2.75, 3.05) is 13.7 Å². The maximum absolute atomic E-state index is 11.4. The molecule has 0 saturated carbocycles. The summed E-state index contributed by atoms with van der Waals surface area (Å²) in [6.07, 6.45) is 14.9. The summed E-state index contributed by atoms with van der Waals surface area (Å²) in [6, 6.07) is 0. The van der Waals surface area contributed by atoms with Gasteiger partial charge in [-0.2, -0.15) is 0 Å². The van der Waals surface area contributed by atoms with Crippen molar-refractivity contribution in [2.24, 2.45) is 0 Å². The molecule has 1 aliphatic heterocycles. The zero-order valence-electron chi connectivity index (χ0n) is 18.3. The predicted molar refractivity (Wildman–Crippen MR) is 112 cm³/mol. The van der Waals surface area contributed by atoms with Crippen molar-refractivity contribution < 1.29 is 28.9 Å². The van der Waals surface area contributed by atoms with Crippen molar-refractivity contribution >= 4 is 11.9 Å². The molecule has 168 valence electrons. The number of esters is 2. The third-order valence-corrected chi connectivity index (χ3v) is 5.31. The van der Waals surface area contributed by atoms with Crippen molar-refractivity contribution in [1.82, 2.24) is 0 Å². The van der Waals surface area contributed by atoms with Crippen molar-refractivity contribution in [3.63, 3.8) is 0 Å². The molecule has 0 bridgehead atoms. The van der Waals surface area contributed by atoms with Gasteiger partial charge in [0.25, 0.3) is 0 Å². The lowest BCUT2D eigenvalue weighted by Crippen LogP contribution is -2.24. The second-order valence-electron chi connectivity index (χ2n) is 7.80. The molecule has 0 spiro atoms. The van der Waals surface area contributed by atoms with E-state index >= 15 is 0 Å². The quantitative estimate of drug-likeness (QED) is 0.256. The topological polar surface area (TPSA) is 82.1 Å². The fourth-order valence-corrected chi connectivity index (χ4v) is 3.53. The molecule has 1 rings (SSSR count). The van der Waals surface area contributed by atoms with Gasteiger partial charge in [0.15, 0.2) is 0 Å². The van der Waals surface area contributed by atoms with Gasteiger partial charge in [-0.15, -0.1) is 0 Å². The fraction of sp³-hybridized carbons (Fsp3) is 0.826. The van der Waals surface area contributed by atoms with E-state index in [9.17, 15) is 14.7 Å². The smallest absolute Gasteiger partial charge is 0.333 e. The van der Waals surface area contributed by atoms with Crippen molar-refractivity contribution in [1.29, 1.82) is 0 Å². The van der Waals surface area contributed by atoms with Crippen LogP contribution in [0.15, 0.2) is 11.6 Å². The number of cyclic esters (lactones) is 1. The van der Waals surface area contributed by atoms with Gasteiger partial charge in [0, 0.05) is 24.7 Å². The van der Waals surface area contributed by atoms with Crippen molar-refractivity contribution in [3.05, 3.63) is 11.6 Å². The molecular formula is C23H40O6. The lowest BCUT2D eigenvalue weighted by Gasteiger charge is -2.20. The summed E-state index contributed by atoms with van der Waals surface area (Å²) < 4.78 is 15.4. The van der Waals surface area contributed by atoms with E-state index in [0.717, 1.165) is 25.7 Å². The van der Waals surface area contributed by atoms with E-state index in [2.05, 4.69) is 11.7 Å². The lowest BCUT2D eigenvalue weighted by atomic mass is 10.0. The largest absolute Gasteiger partial charge is 0.469 e. The number of unbranched alkanes of at least 4 members (excludes halogenated alkanes) is 10. The summed E-state index contributed by atoms with van der Waals surface area (Å²) in [5, 5.41) is 9.95. The van der Waals surface area contributed by atoms with E-state index in [1.807, 2.05) is 0 Å². The Morgan fingerprint density at radius 3 is 2.21 bits per heavy atom. The summed E-state index contributed by atoms with van der Waals surface area (Å²) >= 11 is 0. The van der Waals surface area contributed by atoms with Gasteiger partial charge in [-0.1, -0.05) is 71.1 Å². The van der Waals surface area contributed by atoms with E-state index < -0.39 is 12.3 Å². The van der Waals surface area contributed by atoms with Gasteiger partial charge < -0.3 is 19.3 Å². The van der Waals surface area contributed by atoms with Gasteiger partial charge >= 0.3 is 11.9 Å². The molecule has 2 unspecified atom stereocenters. The molecule has 0 aliphatic carbocycles. The normalized spacial score (nSPS) is 17.1. The Labute approximate surface area is 176 Å². The average Bonchev–Trinajstić information content (AvgIpc) is 3.05. The number of rotatable bonds is 18. The number of carbonyl (C=O) groups is 2. The van der Waals surface area contributed by atoms with E-state index in [1.165, 1.54) is 64.6 Å². The van der Waals surface area contributed by atoms with Gasteiger partial charge in [-0.25, -0.2) is 4.79 Å². The number of hydrogen-bond acceptors (Lipinski definition) is 6.